The molecular formula is C22H15ClF5NOS. The molecule has 0 spiro atoms. The molecule has 0 aliphatic heterocycles. The molecule has 0 bridgehead atoms. The van der Waals surface area contributed by atoms with E-state index >= 15 is 0 Å². The lowest BCUT2D eigenvalue weighted by atomic mass is 9.95. The van der Waals surface area contributed by atoms with Crippen LogP contribution in [0.15, 0.2) is 65.6 Å². The Hall–Kier alpha value is -2.58. The van der Waals surface area contributed by atoms with E-state index in [1.807, 2.05) is 0 Å². The molecule has 1 amide bonds. The van der Waals surface area contributed by atoms with Gasteiger partial charge in [0.15, 0.2) is 0 Å². The number of nitrogens with one attached hydrogen (secondary N) is 1. The maximum atomic E-state index is 14.0. The second-order valence-corrected chi connectivity index (χ2v) is 7.85. The predicted molar refractivity (Wildman–Crippen MR) is 113 cm³/mol. The number of rotatable bonds is 6. The van der Waals surface area contributed by atoms with Gasteiger partial charge in [0.1, 0.15) is 17.2 Å². The first-order chi connectivity index (χ1) is 14.7. The summed E-state index contributed by atoms with van der Waals surface area (Å²) >= 11 is 5.57. The second kappa shape index (κ2) is 9.70. The lowest BCUT2D eigenvalue weighted by molar-refractivity contribution is -0.0328. The highest BCUT2D eigenvalue weighted by molar-refractivity contribution is 8.00. The Morgan fingerprint density at radius 2 is 1.58 bits per heavy atom. The summed E-state index contributed by atoms with van der Waals surface area (Å²) in [5.74, 6) is -3.13. The average Bonchev–Trinajstić information content (AvgIpc) is 2.70. The number of amides is 1. The van der Waals surface area contributed by atoms with Crippen LogP contribution in [0.4, 0.5) is 27.6 Å². The van der Waals surface area contributed by atoms with E-state index in [1.165, 1.54) is 12.1 Å². The van der Waals surface area contributed by atoms with Crippen LogP contribution in [0.1, 0.15) is 15.9 Å². The van der Waals surface area contributed by atoms with Gasteiger partial charge in [0, 0.05) is 22.0 Å². The summed E-state index contributed by atoms with van der Waals surface area (Å²) in [4.78, 5) is 12.6. The predicted octanol–water partition coefficient (Wildman–Crippen LogP) is 7.28. The number of carbonyl (C=O) groups is 1. The molecule has 1 N–H and O–H groups in total. The third kappa shape index (κ3) is 5.57. The minimum atomic E-state index is -4.53. The van der Waals surface area contributed by atoms with E-state index in [-0.39, 0.29) is 40.2 Å². The molecule has 0 aliphatic carbocycles. The molecule has 3 aromatic carbocycles. The largest absolute Gasteiger partial charge is 0.446 e. The molecule has 0 aliphatic rings. The maximum absolute atomic E-state index is 14.0. The van der Waals surface area contributed by atoms with Crippen molar-refractivity contribution >= 4 is 35.0 Å². The van der Waals surface area contributed by atoms with Crippen molar-refractivity contribution in [2.24, 2.45) is 0 Å². The van der Waals surface area contributed by atoms with Gasteiger partial charge in [0.25, 0.3) is 5.91 Å². The van der Waals surface area contributed by atoms with Crippen molar-refractivity contribution in [3.05, 3.63) is 83.4 Å². The van der Waals surface area contributed by atoms with Crippen LogP contribution < -0.4 is 5.32 Å². The van der Waals surface area contributed by atoms with E-state index in [2.05, 4.69) is 5.32 Å². The number of halogens is 6. The van der Waals surface area contributed by atoms with Gasteiger partial charge in [-0.15, -0.1) is 11.6 Å². The van der Waals surface area contributed by atoms with Crippen LogP contribution in [-0.4, -0.2) is 17.3 Å². The summed E-state index contributed by atoms with van der Waals surface area (Å²) in [7, 11) is 0. The van der Waals surface area contributed by atoms with Crippen LogP contribution in [0.2, 0.25) is 0 Å². The van der Waals surface area contributed by atoms with E-state index in [4.69, 9.17) is 11.6 Å². The highest BCUT2D eigenvalue weighted by Crippen LogP contribution is 2.44. The summed E-state index contributed by atoms with van der Waals surface area (Å²) in [5, 5.41) is 2.44. The van der Waals surface area contributed by atoms with E-state index in [9.17, 15) is 26.7 Å². The smallest absolute Gasteiger partial charge is 0.321 e. The van der Waals surface area contributed by atoms with Gasteiger partial charge < -0.3 is 5.32 Å². The molecule has 0 unspecified atom stereocenters. The summed E-state index contributed by atoms with van der Waals surface area (Å²) in [5.41, 5.74) is -4.09. The monoisotopic (exact) mass is 471 g/mol. The Morgan fingerprint density at radius 1 is 0.935 bits per heavy atom. The molecule has 0 saturated carbocycles. The number of hydrogen-bond donors (Lipinski definition) is 1. The van der Waals surface area contributed by atoms with Crippen LogP contribution in [0.25, 0.3) is 11.1 Å². The quantitative estimate of drug-likeness (QED) is 0.232. The van der Waals surface area contributed by atoms with Crippen molar-refractivity contribution in [2.75, 3.05) is 11.2 Å². The fraction of sp³-hybridized carbons (Fsp3) is 0.136. The van der Waals surface area contributed by atoms with Crippen LogP contribution in [0, 0.1) is 11.6 Å². The Bertz CT molecular complexity index is 1070. The van der Waals surface area contributed by atoms with E-state index < -0.39 is 28.6 Å². The van der Waals surface area contributed by atoms with Crippen molar-refractivity contribution in [1.29, 1.82) is 0 Å². The molecule has 162 valence electrons. The number of carbonyl (C=O) groups excluding carboxylic acids is 1. The van der Waals surface area contributed by atoms with Crippen LogP contribution >= 0.6 is 23.4 Å². The zero-order valence-corrected chi connectivity index (χ0v) is 17.3. The van der Waals surface area contributed by atoms with Gasteiger partial charge >= 0.3 is 5.51 Å². The molecule has 3 rings (SSSR count). The van der Waals surface area contributed by atoms with Gasteiger partial charge in [-0.3, -0.25) is 4.79 Å². The van der Waals surface area contributed by atoms with Crippen molar-refractivity contribution < 1.29 is 26.7 Å². The zero-order chi connectivity index (χ0) is 22.6. The fourth-order valence-electron chi connectivity index (χ4n) is 3.13. The first kappa shape index (κ1) is 23.1. The van der Waals surface area contributed by atoms with Crippen LogP contribution in [0.3, 0.4) is 0 Å². The molecule has 2 nitrogen and oxygen atoms in total. The van der Waals surface area contributed by atoms with Gasteiger partial charge in [-0.2, -0.15) is 13.2 Å². The topological polar surface area (TPSA) is 29.1 Å². The first-order valence-electron chi connectivity index (χ1n) is 8.99. The molecule has 0 heterocycles. The molecular weight excluding hydrogens is 457 g/mol. The molecule has 3 aromatic rings. The normalized spacial score (nSPS) is 11.4. The number of anilines is 1. The fourth-order valence-corrected chi connectivity index (χ4v) is 4.03. The standard InChI is InChI=1S/C22H15ClF5NOS/c23-12-11-14-18(31-22(26,27)28)10-9-17(19(14)13-5-2-1-3-6-13)29-21(30)20-15(24)7-4-8-16(20)25/h1-10H,11-12H2,(H,29,30). The van der Waals surface area contributed by atoms with E-state index in [1.54, 1.807) is 30.3 Å². The first-order valence-corrected chi connectivity index (χ1v) is 10.3. The molecule has 0 aromatic heterocycles. The molecule has 0 radical (unpaired) electrons. The van der Waals surface area contributed by atoms with Crippen molar-refractivity contribution in [1.82, 2.24) is 0 Å². The Morgan fingerprint density at radius 3 is 2.16 bits per heavy atom. The van der Waals surface area contributed by atoms with Crippen molar-refractivity contribution in [3.63, 3.8) is 0 Å². The zero-order valence-electron chi connectivity index (χ0n) is 15.8. The van der Waals surface area contributed by atoms with Gasteiger partial charge in [0.2, 0.25) is 0 Å². The number of thioether (sulfide) groups is 1. The Labute approximate surface area is 184 Å². The summed E-state index contributed by atoms with van der Waals surface area (Å²) in [6, 6.07) is 13.9. The second-order valence-electron chi connectivity index (χ2n) is 6.37. The van der Waals surface area contributed by atoms with Gasteiger partial charge in [-0.05, 0) is 53.6 Å². The Kier molecular flexibility index (Phi) is 7.23. The third-order valence-corrected chi connectivity index (χ3v) is 5.36. The van der Waals surface area contributed by atoms with E-state index in [0.717, 1.165) is 18.2 Å². The maximum Gasteiger partial charge on any atom is 0.446 e. The summed E-state index contributed by atoms with van der Waals surface area (Å²) in [6.45, 7) is 0. The molecule has 31 heavy (non-hydrogen) atoms. The molecule has 9 heteroatoms. The van der Waals surface area contributed by atoms with Crippen LogP contribution in [-0.2, 0) is 6.42 Å². The number of benzene rings is 3. The molecule has 0 atom stereocenters. The van der Waals surface area contributed by atoms with Crippen molar-refractivity contribution in [2.45, 2.75) is 16.8 Å². The van der Waals surface area contributed by atoms with E-state index in [0.29, 0.717) is 11.1 Å². The third-order valence-electron chi connectivity index (χ3n) is 4.34. The van der Waals surface area contributed by atoms with Gasteiger partial charge in [0.05, 0.1) is 0 Å². The Balaban J connectivity index is 2.15. The number of hydrogen-bond acceptors (Lipinski definition) is 2. The van der Waals surface area contributed by atoms with Gasteiger partial charge in [-0.25, -0.2) is 8.78 Å². The SMILES string of the molecule is O=C(Nc1ccc(SC(F)(F)F)c(CCCl)c1-c1ccccc1)c1c(F)cccc1F. The molecule has 0 saturated heterocycles. The molecule has 0 fully saturated rings. The summed E-state index contributed by atoms with van der Waals surface area (Å²) in [6.07, 6.45) is 0.0853. The lowest BCUT2D eigenvalue weighted by Crippen LogP contribution is -2.17. The van der Waals surface area contributed by atoms with Crippen molar-refractivity contribution in [3.8, 4) is 11.1 Å². The average molecular weight is 472 g/mol. The van der Waals surface area contributed by atoms with Crippen LogP contribution in [0.5, 0.6) is 0 Å². The number of alkyl halides is 4. The van der Waals surface area contributed by atoms with Gasteiger partial charge in [-0.1, -0.05) is 36.4 Å². The summed E-state index contributed by atoms with van der Waals surface area (Å²) < 4.78 is 67.3. The minimum absolute atomic E-state index is 0.0323. The highest BCUT2D eigenvalue weighted by atomic mass is 35.5. The minimum Gasteiger partial charge on any atom is -0.321 e. The lowest BCUT2D eigenvalue weighted by Gasteiger charge is -2.20. The highest BCUT2D eigenvalue weighted by Gasteiger charge is 2.31.